The molecule has 0 heterocycles. The lowest BCUT2D eigenvalue weighted by molar-refractivity contribution is 0.0955. The lowest BCUT2D eigenvalue weighted by Crippen LogP contribution is -2.43. The number of hydrogen-bond donors (Lipinski definition) is 3. The molecule has 0 bridgehead atoms. The Balaban J connectivity index is 0.00000450. The molecule has 7 heteroatoms. The van der Waals surface area contributed by atoms with E-state index in [1.54, 1.807) is 0 Å². The van der Waals surface area contributed by atoms with E-state index in [4.69, 9.17) is 9.73 Å². The molecule has 0 aliphatic heterocycles. The molecule has 1 amide bonds. The van der Waals surface area contributed by atoms with E-state index in [1.807, 2.05) is 31.2 Å². The van der Waals surface area contributed by atoms with Crippen molar-refractivity contribution in [2.75, 3.05) is 32.8 Å². The van der Waals surface area contributed by atoms with E-state index in [0.717, 1.165) is 44.2 Å². The first-order valence-corrected chi connectivity index (χ1v) is 11.1. The van der Waals surface area contributed by atoms with Crippen LogP contribution in [0.15, 0.2) is 29.3 Å². The van der Waals surface area contributed by atoms with Crippen molar-refractivity contribution >= 4 is 35.8 Å². The highest BCUT2D eigenvalue weighted by Gasteiger charge is 2.33. The third-order valence-electron chi connectivity index (χ3n) is 5.57. The Morgan fingerprint density at radius 3 is 2.50 bits per heavy atom. The van der Waals surface area contributed by atoms with Crippen LogP contribution in [0.3, 0.4) is 0 Å². The SMILES string of the molecule is CCNC(=O)c1cccc(CN=C(NCC)NCC2(CCOCC)CCCC2)c1.I. The minimum Gasteiger partial charge on any atom is -0.382 e. The summed E-state index contributed by atoms with van der Waals surface area (Å²) in [6.07, 6.45) is 6.20. The maximum absolute atomic E-state index is 12.0. The zero-order chi connectivity index (χ0) is 21.0. The molecule has 1 saturated carbocycles. The van der Waals surface area contributed by atoms with Gasteiger partial charge in [-0.25, -0.2) is 4.99 Å². The molecule has 170 valence electrons. The summed E-state index contributed by atoms with van der Waals surface area (Å²) >= 11 is 0. The van der Waals surface area contributed by atoms with Gasteiger partial charge in [0.1, 0.15) is 0 Å². The molecule has 0 saturated heterocycles. The number of nitrogens with zero attached hydrogens (tertiary/aromatic N) is 1. The van der Waals surface area contributed by atoms with Gasteiger partial charge in [-0.3, -0.25) is 4.79 Å². The molecule has 1 aliphatic rings. The number of ether oxygens (including phenoxy) is 1. The van der Waals surface area contributed by atoms with E-state index >= 15 is 0 Å². The summed E-state index contributed by atoms with van der Waals surface area (Å²) in [5, 5.41) is 9.75. The predicted octanol–water partition coefficient (Wildman–Crippen LogP) is 4.10. The molecule has 2 rings (SSSR count). The molecular weight excluding hydrogens is 491 g/mol. The topological polar surface area (TPSA) is 74.8 Å². The Bertz CT molecular complexity index is 660. The maximum atomic E-state index is 12.0. The van der Waals surface area contributed by atoms with Crippen molar-refractivity contribution < 1.29 is 9.53 Å². The van der Waals surface area contributed by atoms with Gasteiger partial charge in [0.15, 0.2) is 5.96 Å². The van der Waals surface area contributed by atoms with E-state index in [0.29, 0.717) is 24.1 Å². The number of benzene rings is 1. The lowest BCUT2D eigenvalue weighted by Gasteiger charge is -2.30. The van der Waals surface area contributed by atoms with Crippen molar-refractivity contribution in [3.05, 3.63) is 35.4 Å². The van der Waals surface area contributed by atoms with Crippen LogP contribution in [0.5, 0.6) is 0 Å². The molecule has 0 aromatic heterocycles. The Labute approximate surface area is 199 Å². The van der Waals surface area contributed by atoms with E-state index in [1.165, 1.54) is 25.7 Å². The normalized spacial score (nSPS) is 15.4. The number of rotatable bonds is 11. The first kappa shape index (κ1) is 26.7. The van der Waals surface area contributed by atoms with E-state index in [2.05, 4.69) is 29.8 Å². The van der Waals surface area contributed by atoms with Crippen molar-refractivity contribution in [1.29, 1.82) is 0 Å². The summed E-state index contributed by atoms with van der Waals surface area (Å²) in [7, 11) is 0. The molecule has 0 spiro atoms. The standard InChI is InChI=1S/C23H38N4O2.HI/c1-4-24-21(28)20-11-9-10-19(16-20)17-26-22(25-5-2)27-18-23(12-7-8-13-23)14-15-29-6-3;/h9-11,16H,4-8,12-15,17-18H2,1-3H3,(H,24,28)(H2,25,26,27);1H. The van der Waals surface area contributed by atoms with Crippen molar-refractivity contribution in [2.45, 2.75) is 59.4 Å². The Morgan fingerprint density at radius 2 is 1.83 bits per heavy atom. The van der Waals surface area contributed by atoms with Crippen LogP contribution in [0.1, 0.15) is 68.8 Å². The highest BCUT2D eigenvalue weighted by Crippen LogP contribution is 2.40. The van der Waals surface area contributed by atoms with Crippen molar-refractivity contribution in [3.63, 3.8) is 0 Å². The van der Waals surface area contributed by atoms with E-state index < -0.39 is 0 Å². The second-order valence-corrected chi connectivity index (χ2v) is 7.76. The molecule has 3 N–H and O–H groups in total. The average Bonchev–Trinajstić information content (AvgIpc) is 3.20. The van der Waals surface area contributed by atoms with Crippen LogP contribution in [0.25, 0.3) is 0 Å². The maximum Gasteiger partial charge on any atom is 0.251 e. The van der Waals surface area contributed by atoms with Gasteiger partial charge in [-0.15, -0.1) is 24.0 Å². The third-order valence-corrected chi connectivity index (χ3v) is 5.57. The number of hydrogen-bond acceptors (Lipinski definition) is 3. The molecule has 0 unspecified atom stereocenters. The van der Waals surface area contributed by atoms with Crippen LogP contribution >= 0.6 is 24.0 Å². The summed E-state index contributed by atoms with van der Waals surface area (Å²) in [5.41, 5.74) is 2.01. The summed E-state index contributed by atoms with van der Waals surface area (Å²) < 4.78 is 5.62. The average molecular weight is 530 g/mol. The van der Waals surface area contributed by atoms with Crippen LogP contribution in [-0.4, -0.2) is 44.7 Å². The number of carbonyl (C=O) groups is 1. The molecular formula is C23H39IN4O2. The molecule has 30 heavy (non-hydrogen) atoms. The molecule has 6 nitrogen and oxygen atoms in total. The molecule has 1 aliphatic carbocycles. The first-order chi connectivity index (χ1) is 14.1. The largest absolute Gasteiger partial charge is 0.382 e. The van der Waals surface area contributed by atoms with Gasteiger partial charge in [0.05, 0.1) is 6.54 Å². The Kier molecular flexibility index (Phi) is 13.0. The fourth-order valence-electron chi connectivity index (χ4n) is 3.93. The first-order valence-electron chi connectivity index (χ1n) is 11.1. The lowest BCUT2D eigenvalue weighted by atomic mass is 9.83. The molecule has 0 radical (unpaired) electrons. The fraction of sp³-hybridized carbons (Fsp3) is 0.652. The van der Waals surface area contributed by atoms with Crippen molar-refractivity contribution in [3.8, 4) is 0 Å². The van der Waals surface area contributed by atoms with Crippen molar-refractivity contribution in [2.24, 2.45) is 10.4 Å². The summed E-state index contributed by atoms with van der Waals surface area (Å²) in [6.45, 7) is 10.6. The Morgan fingerprint density at radius 1 is 1.10 bits per heavy atom. The monoisotopic (exact) mass is 530 g/mol. The van der Waals surface area contributed by atoms with Crippen LogP contribution in [-0.2, 0) is 11.3 Å². The summed E-state index contributed by atoms with van der Waals surface area (Å²) in [5.74, 6) is 0.791. The summed E-state index contributed by atoms with van der Waals surface area (Å²) in [4.78, 5) is 16.8. The second kappa shape index (κ2) is 14.6. The number of nitrogens with one attached hydrogen (secondary N) is 3. The number of halogens is 1. The van der Waals surface area contributed by atoms with Gasteiger partial charge >= 0.3 is 0 Å². The number of amides is 1. The molecule has 0 atom stereocenters. The smallest absolute Gasteiger partial charge is 0.251 e. The van der Waals surface area contributed by atoms with Crippen molar-refractivity contribution in [1.82, 2.24) is 16.0 Å². The molecule has 1 aromatic carbocycles. The van der Waals surface area contributed by atoms with Crippen LogP contribution < -0.4 is 16.0 Å². The van der Waals surface area contributed by atoms with Gasteiger partial charge < -0.3 is 20.7 Å². The highest BCUT2D eigenvalue weighted by molar-refractivity contribution is 14.0. The van der Waals surface area contributed by atoms with Gasteiger partial charge in [0.25, 0.3) is 5.91 Å². The second-order valence-electron chi connectivity index (χ2n) is 7.76. The van der Waals surface area contributed by atoms with Gasteiger partial charge in [-0.2, -0.15) is 0 Å². The number of guanidine groups is 1. The molecule has 1 aromatic rings. The van der Waals surface area contributed by atoms with Gasteiger partial charge in [0, 0.05) is 38.4 Å². The number of aliphatic imine (C=N–C) groups is 1. The quantitative estimate of drug-likeness (QED) is 0.174. The highest BCUT2D eigenvalue weighted by atomic mass is 127. The van der Waals surface area contributed by atoms with Crippen LogP contribution in [0.2, 0.25) is 0 Å². The minimum atomic E-state index is -0.0409. The van der Waals surface area contributed by atoms with Gasteiger partial charge in [-0.05, 0) is 63.1 Å². The Hall–Kier alpha value is -1.35. The zero-order valence-corrected chi connectivity index (χ0v) is 21.1. The van der Waals surface area contributed by atoms with E-state index in [-0.39, 0.29) is 29.9 Å². The van der Waals surface area contributed by atoms with Gasteiger partial charge in [-0.1, -0.05) is 25.0 Å². The minimum absolute atomic E-state index is 0. The van der Waals surface area contributed by atoms with E-state index in [9.17, 15) is 4.79 Å². The van der Waals surface area contributed by atoms with Crippen LogP contribution in [0, 0.1) is 5.41 Å². The predicted molar refractivity (Wildman–Crippen MR) is 135 cm³/mol. The number of carbonyl (C=O) groups excluding carboxylic acids is 1. The zero-order valence-electron chi connectivity index (χ0n) is 18.8. The van der Waals surface area contributed by atoms with Crippen LogP contribution in [0.4, 0.5) is 0 Å². The fourth-order valence-corrected chi connectivity index (χ4v) is 3.93. The molecule has 1 fully saturated rings. The summed E-state index contributed by atoms with van der Waals surface area (Å²) in [6, 6.07) is 7.68. The third kappa shape index (κ3) is 8.79. The van der Waals surface area contributed by atoms with Gasteiger partial charge in [0.2, 0.25) is 0 Å².